The van der Waals surface area contributed by atoms with E-state index in [9.17, 15) is 0 Å². The van der Waals surface area contributed by atoms with Gasteiger partial charge >= 0.3 is 0 Å². The van der Waals surface area contributed by atoms with Crippen molar-refractivity contribution < 1.29 is 0 Å². The molecule has 8 rings (SSSR count). The Labute approximate surface area is 287 Å². The van der Waals surface area contributed by atoms with E-state index in [1.165, 1.54) is 27.8 Å². The summed E-state index contributed by atoms with van der Waals surface area (Å²) in [4.78, 5) is 24.2. The summed E-state index contributed by atoms with van der Waals surface area (Å²) < 4.78 is 0. The van der Waals surface area contributed by atoms with Crippen LogP contribution < -0.4 is 0 Å². The third-order valence-corrected chi connectivity index (χ3v) is 9.19. The van der Waals surface area contributed by atoms with Gasteiger partial charge in [-0.1, -0.05) is 121 Å². The summed E-state index contributed by atoms with van der Waals surface area (Å²) in [5, 5.41) is 0. The fourth-order valence-corrected chi connectivity index (χ4v) is 6.79. The summed E-state index contributed by atoms with van der Waals surface area (Å²) in [6, 6.07) is 35.0. The molecule has 0 spiro atoms. The van der Waals surface area contributed by atoms with Crippen LogP contribution in [0.1, 0.15) is 36.8 Å². The summed E-state index contributed by atoms with van der Waals surface area (Å²) in [7, 11) is 0. The Morgan fingerprint density at radius 1 is 0.633 bits per heavy atom. The SMILES string of the molecule is C/C=C\C=C1C=C2/C=C\CCC1c1c(cccc1-c1ccc(-c3ccc(-c4nc(-c5ccccc5)nc(-c5ccccc5)n4)cn3)nc1)C2. The van der Waals surface area contributed by atoms with Crippen molar-refractivity contribution >= 4 is 0 Å². The van der Waals surface area contributed by atoms with Crippen LogP contribution in [-0.2, 0) is 6.42 Å². The highest BCUT2D eigenvalue weighted by atomic mass is 15.0. The summed E-state index contributed by atoms with van der Waals surface area (Å²) >= 11 is 0. The first-order valence-corrected chi connectivity index (χ1v) is 16.9. The lowest BCUT2D eigenvalue weighted by atomic mass is 9.81. The Balaban J connectivity index is 1.11. The molecule has 3 aromatic carbocycles. The van der Waals surface area contributed by atoms with Crippen LogP contribution in [0.5, 0.6) is 0 Å². The third-order valence-electron chi connectivity index (χ3n) is 9.19. The van der Waals surface area contributed by atoms with Gasteiger partial charge in [0.15, 0.2) is 17.5 Å². The molecule has 0 amide bonds. The van der Waals surface area contributed by atoms with Crippen LogP contribution in [0.15, 0.2) is 163 Å². The molecule has 0 fully saturated rings. The average molecular weight is 634 g/mol. The number of fused-ring (bicyclic) bond motifs is 4. The molecule has 5 nitrogen and oxygen atoms in total. The summed E-state index contributed by atoms with van der Waals surface area (Å²) in [6.07, 6.45) is 20.5. The number of nitrogens with zero attached hydrogens (tertiary/aromatic N) is 5. The van der Waals surface area contributed by atoms with Gasteiger partial charge in [-0.3, -0.25) is 9.97 Å². The van der Waals surface area contributed by atoms with Gasteiger partial charge in [0, 0.05) is 40.6 Å². The fraction of sp³-hybridized carbons (Fsp3) is 0.114. The minimum atomic E-state index is 0.332. The van der Waals surface area contributed by atoms with E-state index in [0.717, 1.165) is 52.9 Å². The number of rotatable bonds is 6. The molecule has 0 radical (unpaired) electrons. The fourth-order valence-electron chi connectivity index (χ4n) is 6.79. The summed E-state index contributed by atoms with van der Waals surface area (Å²) in [6.45, 7) is 2.07. The summed E-state index contributed by atoms with van der Waals surface area (Å²) in [5.74, 6) is 2.16. The first-order chi connectivity index (χ1) is 24.2. The molecule has 49 heavy (non-hydrogen) atoms. The van der Waals surface area contributed by atoms with Gasteiger partial charge in [0.05, 0.1) is 11.4 Å². The van der Waals surface area contributed by atoms with Crippen LogP contribution in [0.25, 0.3) is 56.7 Å². The smallest absolute Gasteiger partial charge is 0.165 e. The van der Waals surface area contributed by atoms with Gasteiger partial charge in [0.25, 0.3) is 0 Å². The van der Waals surface area contributed by atoms with Crippen molar-refractivity contribution in [2.75, 3.05) is 0 Å². The van der Waals surface area contributed by atoms with Crippen LogP contribution in [0.4, 0.5) is 0 Å². The normalized spacial score (nSPS) is 16.9. The molecular formula is C44H35N5. The number of hydrogen-bond donors (Lipinski definition) is 0. The largest absolute Gasteiger partial charge is 0.254 e. The third kappa shape index (κ3) is 6.31. The minimum absolute atomic E-state index is 0.332. The molecular weight excluding hydrogens is 599 g/mol. The topological polar surface area (TPSA) is 64.5 Å². The molecule has 0 saturated heterocycles. The average Bonchev–Trinajstić information content (AvgIpc) is 3.25. The van der Waals surface area contributed by atoms with Gasteiger partial charge in [0.2, 0.25) is 0 Å². The first kappa shape index (κ1) is 30.3. The second-order valence-electron chi connectivity index (χ2n) is 12.4. The van der Waals surface area contributed by atoms with E-state index in [2.05, 4.69) is 73.7 Å². The predicted molar refractivity (Wildman–Crippen MR) is 198 cm³/mol. The standard InChI is InChI=1S/C44H35N5/c1-2-3-14-33-26-30-13-10-11-20-37(33)41-34(27-30)19-12-21-38(41)35-22-24-39(45-28-35)40-25-23-36(29-46-40)44-48-42(31-15-6-4-7-16-31)47-43(49-44)32-17-8-5-9-18-32/h2-10,12-19,21-26,28-29,37H,11,20,27H2,1H3/b3-2-,13-10-,33-14?. The highest BCUT2D eigenvalue weighted by Crippen LogP contribution is 2.43. The van der Waals surface area contributed by atoms with E-state index >= 15 is 0 Å². The van der Waals surface area contributed by atoms with Crippen molar-refractivity contribution in [3.63, 3.8) is 0 Å². The molecule has 236 valence electrons. The van der Waals surface area contributed by atoms with Gasteiger partial charge in [-0.05, 0) is 72.2 Å². The molecule has 2 bridgehead atoms. The number of benzene rings is 3. The molecule has 1 atom stereocenters. The number of hydrogen-bond acceptors (Lipinski definition) is 5. The predicted octanol–water partition coefficient (Wildman–Crippen LogP) is 10.4. The molecule has 6 aromatic rings. The van der Waals surface area contributed by atoms with Crippen molar-refractivity contribution in [1.82, 2.24) is 24.9 Å². The van der Waals surface area contributed by atoms with Crippen molar-refractivity contribution in [3.8, 4) is 56.7 Å². The molecule has 0 saturated carbocycles. The zero-order valence-corrected chi connectivity index (χ0v) is 27.4. The molecule has 2 aliphatic carbocycles. The second-order valence-corrected chi connectivity index (χ2v) is 12.4. The van der Waals surface area contributed by atoms with E-state index in [1.54, 1.807) is 0 Å². The van der Waals surface area contributed by atoms with Gasteiger partial charge in [-0.25, -0.2) is 15.0 Å². The van der Waals surface area contributed by atoms with Gasteiger partial charge in [-0.15, -0.1) is 0 Å². The first-order valence-electron chi connectivity index (χ1n) is 16.9. The van der Waals surface area contributed by atoms with Crippen LogP contribution >= 0.6 is 0 Å². The molecule has 0 N–H and O–H groups in total. The molecule has 0 aliphatic heterocycles. The Bertz CT molecular complexity index is 2170. The van der Waals surface area contributed by atoms with Crippen LogP contribution in [0.3, 0.4) is 0 Å². The van der Waals surface area contributed by atoms with Crippen molar-refractivity contribution in [2.45, 2.75) is 32.1 Å². The Kier molecular flexibility index (Phi) is 8.39. The highest BCUT2D eigenvalue weighted by Gasteiger charge is 2.26. The Morgan fingerprint density at radius 2 is 1.27 bits per heavy atom. The van der Waals surface area contributed by atoms with Crippen molar-refractivity contribution in [1.29, 1.82) is 0 Å². The zero-order chi connectivity index (χ0) is 33.0. The molecule has 1 unspecified atom stereocenters. The number of allylic oxidation sites excluding steroid dienone is 8. The van der Waals surface area contributed by atoms with E-state index in [4.69, 9.17) is 24.9 Å². The minimum Gasteiger partial charge on any atom is -0.254 e. The maximum absolute atomic E-state index is 4.92. The van der Waals surface area contributed by atoms with Crippen LogP contribution in [0, 0.1) is 0 Å². The molecule has 5 heteroatoms. The Hall–Kier alpha value is -6.07. The molecule has 3 aromatic heterocycles. The monoisotopic (exact) mass is 633 g/mol. The quantitative estimate of drug-likeness (QED) is 0.183. The zero-order valence-electron chi connectivity index (χ0n) is 27.4. The lowest BCUT2D eigenvalue weighted by molar-refractivity contribution is 0.726. The molecule has 2 aliphatic rings. The van der Waals surface area contributed by atoms with Crippen molar-refractivity contribution in [2.24, 2.45) is 0 Å². The number of aromatic nitrogens is 5. The van der Waals surface area contributed by atoms with Crippen molar-refractivity contribution in [3.05, 3.63) is 174 Å². The maximum Gasteiger partial charge on any atom is 0.165 e. The Morgan fingerprint density at radius 3 is 1.88 bits per heavy atom. The molecule has 3 heterocycles. The lowest BCUT2D eigenvalue weighted by Gasteiger charge is -2.23. The second kappa shape index (κ2) is 13.6. The van der Waals surface area contributed by atoms with Gasteiger partial charge in [0.1, 0.15) is 0 Å². The van der Waals surface area contributed by atoms with E-state index < -0.39 is 0 Å². The van der Waals surface area contributed by atoms with Gasteiger partial charge in [-0.2, -0.15) is 0 Å². The van der Waals surface area contributed by atoms with Gasteiger partial charge < -0.3 is 0 Å². The maximum atomic E-state index is 4.92. The van der Waals surface area contributed by atoms with E-state index in [1.807, 2.05) is 85.2 Å². The van der Waals surface area contributed by atoms with E-state index in [-0.39, 0.29) is 0 Å². The van der Waals surface area contributed by atoms with Crippen LogP contribution in [-0.4, -0.2) is 24.9 Å². The summed E-state index contributed by atoms with van der Waals surface area (Å²) in [5.41, 5.74) is 12.2. The van der Waals surface area contributed by atoms with E-state index in [0.29, 0.717) is 23.4 Å². The van der Waals surface area contributed by atoms with Crippen LogP contribution in [0.2, 0.25) is 0 Å². The lowest BCUT2D eigenvalue weighted by Crippen LogP contribution is -2.06. The number of pyridine rings is 2. The highest BCUT2D eigenvalue weighted by molar-refractivity contribution is 5.73.